The third-order valence-electron chi connectivity index (χ3n) is 2.96. The summed E-state index contributed by atoms with van der Waals surface area (Å²) in [5.41, 5.74) is 6.63. The summed E-state index contributed by atoms with van der Waals surface area (Å²) >= 11 is 0. The predicted molar refractivity (Wildman–Crippen MR) is 74.8 cm³/mol. The van der Waals surface area contributed by atoms with Gasteiger partial charge in [0.15, 0.2) is 0 Å². The first kappa shape index (κ1) is 12.6. The molecule has 4 heteroatoms. The summed E-state index contributed by atoms with van der Waals surface area (Å²) < 4.78 is 5.70. The molecule has 2 aromatic rings. The van der Waals surface area contributed by atoms with Crippen molar-refractivity contribution in [3.8, 4) is 5.75 Å². The van der Waals surface area contributed by atoms with Gasteiger partial charge in [-0.25, -0.2) is 0 Å². The molecule has 0 aliphatic rings. The van der Waals surface area contributed by atoms with Crippen molar-refractivity contribution in [3.63, 3.8) is 0 Å². The first-order valence-electron chi connectivity index (χ1n) is 6.07. The molecule has 1 aromatic carbocycles. The number of benzene rings is 1. The maximum atomic E-state index is 5.70. The second kappa shape index (κ2) is 4.82. The second-order valence-electron chi connectivity index (χ2n) is 4.69. The van der Waals surface area contributed by atoms with Crippen molar-refractivity contribution in [2.75, 3.05) is 5.43 Å². The van der Waals surface area contributed by atoms with Crippen LogP contribution in [0.25, 0.3) is 10.9 Å². The Labute approximate surface area is 107 Å². The third-order valence-corrected chi connectivity index (χ3v) is 2.96. The number of nitrogen functional groups attached to an aromatic ring is 1. The molecule has 0 fully saturated rings. The summed E-state index contributed by atoms with van der Waals surface area (Å²) in [4.78, 5) is 4.55. The van der Waals surface area contributed by atoms with Crippen LogP contribution in [0, 0.1) is 13.8 Å². The van der Waals surface area contributed by atoms with E-state index in [4.69, 9.17) is 10.6 Å². The molecular weight excluding hydrogens is 226 g/mol. The van der Waals surface area contributed by atoms with Crippen LogP contribution in [-0.2, 0) is 0 Å². The van der Waals surface area contributed by atoms with E-state index in [1.807, 2.05) is 45.9 Å². The number of nitrogens with one attached hydrogen (secondary N) is 1. The standard InChI is InChI=1S/C14H19N3O/c1-8(2)18-11-5-6-13-12(7-11)14(17-15)9(3)10(4)16-13/h5-8H,15H2,1-4H3,(H,16,17). The molecule has 1 heterocycles. The Morgan fingerprint density at radius 2 is 2.00 bits per heavy atom. The molecule has 0 saturated carbocycles. The van der Waals surface area contributed by atoms with Crippen LogP contribution < -0.4 is 16.0 Å². The Hall–Kier alpha value is -1.81. The SMILES string of the molecule is Cc1nc2ccc(OC(C)C)cc2c(NN)c1C. The molecule has 0 unspecified atom stereocenters. The molecule has 0 bridgehead atoms. The number of rotatable bonds is 3. The van der Waals surface area contributed by atoms with Crippen LogP contribution in [0.15, 0.2) is 18.2 Å². The molecule has 0 aliphatic carbocycles. The molecule has 0 saturated heterocycles. The minimum atomic E-state index is 0.149. The van der Waals surface area contributed by atoms with E-state index in [0.29, 0.717) is 0 Å². The highest BCUT2D eigenvalue weighted by Gasteiger charge is 2.09. The Balaban J connectivity index is 2.63. The van der Waals surface area contributed by atoms with Gasteiger partial charge in [-0.2, -0.15) is 0 Å². The van der Waals surface area contributed by atoms with Gasteiger partial charge in [0, 0.05) is 11.1 Å². The number of anilines is 1. The van der Waals surface area contributed by atoms with Crippen LogP contribution in [0.2, 0.25) is 0 Å². The minimum absolute atomic E-state index is 0.149. The zero-order valence-corrected chi connectivity index (χ0v) is 11.2. The van der Waals surface area contributed by atoms with Crippen molar-refractivity contribution >= 4 is 16.6 Å². The Morgan fingerprint density at radius 1 is 1.28 bits per heavy atom. The van der Waals surface area contributed by atoms with Gasteiger partial charge in [-0.15, -0.1) is 0 Å². The number of aromatic nitrogens is 1. The number of hydrogen-bond donors (Lipinski definition) is 2. The van der Waals surface area contributed by atoms with E-state index in [1.54, 1.807) is 0 Å². The van der Waals surface area contributed by atoms with Gasteiger partial charge < -0.3 is 10.2 Å². The number of ether oxygens (including phenoxy) is 1. The quantitative estimate of drug-likeness (QED) is 0.644. The van der Waals surface area contributed by atoms with Crippen molar-refractivity contribution < 1.29 is 4.74 Å². The molecule has 0 aliphatic heterocycles. The van der Waals surface area contributed by atoms with E-state index in [0.717, 1.165) is 33.6 Å². The molecule has 0 amide bonds. The van der Waals surface area contributed by atoms with Crippen LogP contribution in [0.1, 0.15) is 25.1 Å². The zero-order chi connectivity index (χ0) is 13.3. The number of hydrazine groups is 1. The first-order valence-corrected chi connectivity index (χ1v) is 6.07. The van der Waals surface area contributed by atoms with Crippen molar-refractivity contribution in [2.24, 2.45) is 5.84 Å². The van der Waals surface area contributed by atoms with E-state index >= 15 is 0 Å². The average Bonchev–Trinajstić information content (AvgIpc) is 2.31. The monoisotopic (exact) mass is 245 g/mol. The zero-order valence-electron chi connectivity index (χ0n) is 11.2. The maximum Gasteiger partial charge on any atom is 0.120 e. The highest BCUT2D eigenvalue weighted by Crippen LogP contribution is 2.30. The van der Waals surface area contributed by atoms with E-state index in [1.165, 1.54) is 0 Å². The van der Waals surface area contributed by atoms with Crippen LogP contribution in [0.3, 0.4) is 0 Å². The maximum absolute atomic E-state index is 5.70. The Bertz CT molecular complexity index is 579. The molecule has 0 radical (unpaired) electrons. The predicted octanol–water partition coefficient (Wildman–Crippen LogP) is 2.92. The summed E-state index contributed by atoms with van der Waals surface area (Å²) in [6, 6.07) is 5.87. The summed E-state index contributed by atoms with van der Waals surface area (Å²) in [5.74, 6) is 6.45. The van der Waals surface area contributed by atoms with Gasteiger partial charge in [-0.1, -0.05) is 0 Å². The molecule has 4 nitrogen and oxygen atoms in total. The number of hydrogen-bond acceptors (Lipinski definition) is 4. The van der Waals surface area contributed by atoms with E-state index in [-0.39, 0.29) is 6.10 Å². The molecule has 18 heavy (non-hydrogen) atoms. The van der Waals surface area contributed by atoms with E-state index in [2.05, 4.69) is 10.4 Å². The largest absolute Gasteiger partial charge is 0.491 e. The van der Waals surface area contributed by atoms with Crippen LogP contribution in [0.5, 0.6) is 5.75 Å². The highest BCUT2D eigenvalue weighted by atomic mass is 16.5. The van der Waals surface area contributed by atoms with Gasteiger partial charge >= 0.3 is 0 Å². The lowest BCUT2D eigenvalue weighted by Crippen LogP contribution is -2.10. The molecule has 1 aromatic heterocycles. The van der Waals surface area contributed by atoms with Gasteiger partial charge in [-0.3, -0.25) is 10.8 Å². The van der Waals surface area contributed by atoms with E-state index < -0.39 is 0 Å². The first-order chi connectivity index (χ1) is 8.52. The fourth-order valence-corrected chi connectivity index (χ4v) is 1.99. The lowest BCUT2D eigenvalue weighted by Gasteiger charge is -2.14. The molecule has 0 spiro atoms. The molecular formula is C14H19N3O. The lowest BCUT2D eigenvalue weighted by molar-refractivity contribution is 0.243. The topological polar surface area (TPSA) is 60.2 Å². The number of nitrogens with two attached hydrogens (primary N) is 1. The number of aryl methyl sites for hydroxylation is 1. The van der Waals surface area contributed by atoms with Crippen LogP contribution in [0.4, 0.5) is 5.69 Å². The Morgan fingerprint density at radius 3 is 2.61 bits per heavy atom. The number of fused-ring (bicyclic) bond motifs is 1. The molecule has 0 atom stereocenters. The van der Waals surface area contributed by atoms with Crippen LogP contribution in [-0.4, -0.2) is 11.1 Å². The van der Waals surface area contributed by atoms with Crippen molar-refractivity contribution in [1.29, 1.82) is 0 Å². The second-order valence-corrected chi connectivity index (χ2v) is 4.69. The third kappa shape index (κ3) is 2.24. The summed E-state index contributed by atoms with van der Waals surface area (Å²) in [5, 5.41) is 0.985. The van der Waals surface area contributed by atoms with Gasteiger partial charge in [0.25, 0.3) is 0 Å². The summed E-state index contributed by atoms with van der Waals surface area (Å²) in [6.45, 7) is 8.00. The van der Waals surface area contributed by atoms with Gasteiger partial charge in [0.2, 0.25) is 0 Å². The van der Waals surface area contributed by atoms with Crippen molar-refractivity contribution in [1.82, 2.24) is 4.98 Å². The smallest absolute Gasteiger partial charge is 0.120 e. The number of nitrogens with zero attached hydrogens (tertiary/aromatic N) is 1. The van der Waals surface area contributed by atoms with E-state index in [9.17, 15) is 0 Å². The summed E-state index contributed by atoms with van der Waals surface area (Å²) in [7, 11) is 0. The fourth-order valence-electron chi connectivity index (χ4n) is 1.99. The molecule has 96 valence electrons. The lowest BCUT2D eigenvalue weighted by atomic mass is 10.1. The minimum Gasteiger partial charge on any atom is -0.491 e. The fraction of sp³-hybridized carbons (Fsp3) is 0.357. The molecule has 3 N–H and O–H groups in total. The van der Waals surface area contributed by atoms with Gasteiger partial charge in [-0.05, 0) is 51.5 Å². The summed E-state index contributed by atoms with van der Waals surface area (Å²) in [6.07, 6.45) is 0.149. The van der Waals surface area contributed by atoms with Crippen molar-refractivity contribution in [3.05, 3.63) is 29.5 Å². The van der Waals surface area contributed by atoms with Crippen molar-refractivity contribution in [2.45, 2.75) is 33.8 Å². The normalized spacial score (nSPS) is 11.0. The molecule has 2 rings (SSSR count). The Kier molecular flexibility index (Phi) is 3.39. The van der Waals surface area contributed by atoms with Gasteiger partial charge in [0.1, 0.15) is 5.75 Å². The van der Waals surface area contributed by atoms with Crippen LogP contribution >= 0.6 is 0 Å². The highest BCUT2D eigenvalue weighted by molar-refractivity contribution is 5.94. The van der Waals surface area contributed by atoms with Gasteiger partial charge in [0.05, 0.1) is 17.3 Å². The average molecular weight is 245 g/mol. The number of pyridine rings is 1.